The Morgan fingerprint density at radius 2 is 1.84 bits per heavy atom. The highest BCUT2D eigenvalue weighted by molar-refractivity contribution is 5.82. The van der Waals surface area contributed by atoms with E-state index in [9.17, 15) is 9.90 Å². The largest absolute Gasteiger partial charge is 0.481 e. The van der Waals surface area contributed by atoms with E-state index >= 15 is 0 Å². The highest BCUT2D eigenvalue weighted by Gasteiger charge is 2.39. The van der Waals surface area contributed by atoms with Gasteiger partial charge in [0.25, 0.3) is 0 Å². The lowest BCUT2D eigenvalue weighted by atomic mass is 9.76. The van der Waals surface area contributed by atoms with E-state index in [0.717, 1.165) is 5.69 Å². The van der Waals surface area contributed by atoms with E-state index in [1.54, 1.807) is 24.4 Å². The van der Waals surface area contributed by atoms with Gasteiger partial charge in [-0.15, -0.1) is 0 Å². The first-order valence-electron chi connectivity index (χ1n) is 6.08. The standard InChI is InChI=1S/C15H16N2O2/c16-11-15(14(18)19,12-6-2-1-3-7-12)10-13-8-4-5-9-17-13/h1-9H,10-11,16H2,(H,18,19). The van der Waals surface area contributed by atoms with Crippen molar-refractivity contribution < 1.29 is 9.90 Å². The van der Waals surface area contributed by atoms with Gasteiger partial charge in [0.05, 0.1) is 0 Å². The number of hydrogen-bond donors (Lipinski definition) is 2. The minimum atomic E-state index is -1.13. The van der Waals surface area contributed by atoms with Crippen LogP contribution in [0, 0.1) is 0 Å². The molecule has 0 fully saturated rings. The predicted molar refractivity (Wildman–Crippen MR) is 72.8 cm³/mol. The lowest BCUT2D eigenvalue weighted by molar-refractivity contribution is -0.143. The molecule has 4 nitrogen and oxygen atoms in total. The quantitative estimate of drug-likeness (QED) is 0.852. The maximum absolute atomic E-state index is 11.7. The Hall–Kier alpha value is -2.20. The molecule has 1 heterocycles. The molecule has 2 aromatic rings. The number of rotatable bonds is 5. The first kappa shape index (κ1) is 13.2. The number of hydrogen-bond acceptors (Lipinski definition) is 3. The summed E-state index contributed by atoms with van der Waals surface area (Å²) in [5.74, 6) is -0.924. The fraction of sp³-hybridized carbons (Fsp3) is 0.200. The number of carboxylic acid groups (broad SMARTS) is 1. The summed E-state index contributed by atoms with van der Waals surface area (Å²) in [6.07, 6.45) is 1.94. The van der Waals surface area contributed by atoms with Gasteiger partial charge in [-0.3, -0.25) is 9.78 Å². The minimum Gasteiger partial charge on any atom is -0.481 e. The summed E-state index contributed by atoms with van der Waals surface area (Å²) in [4.78, 5) is 16.0. The van der Waals surface area contributed by atoms with E-state index in [-0.39, 0.29) is 13.0 Å². The maximum atomic E-state index is 11.7. The molecule has 1 atom stereocenters. The molecular formula is C15H16N2O2. The number of nitrogens with zero attached hydrogens (tertiary/aromatic N) is 1. The lowest BCUT2D eigenvalue weighted by Gasteiger charge is -2.28. The number of nitrogens with two attached hydrogens (primary N) is 1. The van der Waals surface area contributed by atoms with E-state index < -0.39 is 11.4 Å². The molecule has 4 heteroatoms. The molecule has 0 bridgehead atoms. The zero-order chi connectivity index (χ0) is 13.7. The summed E-state index contributed by atoms with van der Waals surface area (Å²) in [6.45, 7) is 0.0307. The van der Waals surface area contributed by atoms with Crippen LogP contribution in [0.2, 0.25) is 0 Å². The van der Waals surface area contributed by atoms with Crippen LogP contribution in [0.1, 0.15) is 11.3 Å². The molecule has 98 valence electrons. The van der Waals surface area contributed by atoms with Crippen LogP contribution in [0.3, 0.4) is 0 Å². The molecule has 1 aromatic heterocycles. The molecule has 1 aromatic carbocycles. The van der Waals surface area contributed by atoms with E-state index in [0.29, 0.717) is 5.56 Å². The van der Waals surface area contributed by atoms with Gasteiger partial charge < -0.3 is 10.8 Å². The van der Waals surface area contributed by atoms with Crippen molar-refractivity contribution in [1.82, 2.24) is 4.98 Å². The van der Waals surface area contributed by atoms with Crippen LogP contribution in [0.4, 0.5) is 0 Å². The van der Waals surface area contributed by atoms with Crippen LogP contribution in [0.5, 0.6) is 0 Å². The molecule has 19 heavy (non-hydrogen) atoms. The molecule has 0 aliphatic heterocycles. The van der Waals surface area contributed by atoms with Gasteiger partial charge >= 0.3 is 5.97 Å². The normalized spacial score (nSPS) is 13.7. The zero-order valence-corrected chi connectivity index (χ0v) is 10.5. The third-order valence-electron chi connectivity index (χ3n) is 3.29. The fourth-order valence-electron chi connectivity index (χ4n) is 2.15. The number of aromatic nitrogens is 1. The SMILES string of the molecule is NCC(Cc1ccccn1)(C(=O)O)c1ccccc1. The second kappa shape index (κ2) is 5.63. The molecule has 2 rings (SSSR count). The maximum Gasteiger partial charge on any atom is 0.315 e. The Kier molecular flexibility index (Phi) is 3.92. The van der Waals surface area contributed by atoms with Crippen molar-refractivity contribution in [2.45, 2.75) is 11.8 Å². The van der Waals surface area contributed by atoms with Gasteiger partial charge in [-0.25, -0.2) is 0 Å². The van der Waals surface area contributed by atoms with Crippen LogP contribution in [0.15, 0.2) is 54.7 Å². The Labute approximate surface area is 111 Å². The van der Waals surface area contributed by atoms with Crippen LogP contribution >= 0.6 is 0 Å². The van der Waals surface area contributed by atoms with Crippen molar-refractivity contribution in [3.63, 3.8) is 0 Å². The topological polar surface area (TPSA) is 76.2 Å². The van der Waals surface area contributed by atoms with Gasteiger partial charge in [0.1, 0.15) is 5.41 Å². The number of pyridine rings is 1. The molecule has 0 aliphatic carbocycles. The first-order valence-corrected chi connectivity index (χ1v) is 6.08. The molecular weight excluding hydrogens is 240 g/mol. The Morgan fingerprint density at radius 1 is 1.16 bits per heavy atom. The second-order valence-corrected chi connectivity index (χ2v) is 4.46. The average Bonchev–Trinajstić information content (AvgIpc) is 2.46. The Morgan fingerprint density at radius 3 is 2.37 bits per heavy atom. The first-order chi connectivity index (χ1) is 9.19. The van der Waals surface area contributed by atoms with E-state index in [1.807, 2.05) is 30.3 Å². The molecule has 0 saturated heterocycles. The van der Waals surface area contributed by atoms with Crippen LogP contribution in [0.25, 0.3) is 0 Å². The van der Waals surface area contributed by atoms with Gasteiger partial charge in [0.15, 0.2) is 0 Å². The molecule has 0 spiro atoms. The molecule has 3 N–H and O–H groups in total. The van der Waals surface area contributed by atoms with Gasteiger partial charge in [-0.2, -0.15) is 0 Å². The highest BCUT2D eigenvalue weighted by atomic mass is 16.4. The van der Waals surface area contributed by atoms with E-state index in [1.165, 1.54) is 0 Å². The fourth-order valence-corrected chi connectivity index (χ4v) is 2.15. The van der Waals surface area contributed by atoms with Gasteiger partial charge in [0.2, 0.25) is 0 Å². The number of carboxylic acids is 1. The predicted octanol–water partition coefficient (Wildman–Crippen LogP) is 1.61. The van der Waals surface area contributed by atoms with Crippen LogP contribution < -0.4 is 5.73 Å². The summed E-state index contributed by atoms with van der Waals surface area (Å²) < 4.78 is 0. The van der Waals surface area contributed by atoms with Gasteiger partial charge in [0, 0.05) is 24.9 Å². The van der Waals surface area contributed by atoms with Gasteiger partial charge in [-0.05, 0) is 17.7 Å². The molecule has 0 saturated carbocycles. The van der Waals surface area contributed by atoms with Gasteiger partial charge in [-0.1, -0.05) is 36.4 Å². The number of carbonyl (C=O) groups is 1. The number of aliphatic carboxylic acids is 1. The Balaban J connectivity index is 2.44. The average molecular weight is 256 g/mol. The minimum absolute atomic E-state index is 0.0307. The summed E-state index contributed by atoms with van der Waals surface area (Å²) >= 11 is 0. The van der Waals surface area contributed by atoms with Crippen molar-refractivity contribution in [2.75, 3.05) is 6.54 Å². The van der Waals surface area contributed by atoms with Crippen molar-refractivity contribution >= 4 is 5.97 Å². The Bertz CT molecular complexity index is 543. The number of benzene rings is 1. The zero-order valence-electron chi connectivity index (χ0n) is 10.5. The highest BCUT2D eigenvalue weighted by Crippen LogP contribution is 2.27. The van der Waals surface area contributed by atoms with E-state index in [4.69, 9.17) is 5.73 Å². The second-order valence-electron chi connectivity index (χ2n) is 4.46. The molecule has 0 amide bonds. The smallest absolute Gasteiger partial charge is 0.315 e. The molecule has 0 aliphatic rings. The van der Waals surface area contributed by atoms with Crippen LogP contribution in [-0.2, 0) is 16.6 Å². The van der Waals surface area contributed by atoms with Crippen LogP contribution in [-0.4, -0.2) is 22.6 Å². The van der Waals surface area contributed by atoms with Crippen molar-refractivity contribution in [3.05, 3.63) is 66.0 Å². The summed E-state index contributed by atoms with van der Waals surface area (Å²) in [7, 11) is 0. The molecule has 1 unspecified atom stereocenters. The third-order valence-corrected chi connectivity index (χ3v) is 3.29. The van der Waals surface area contributed by atoms with Crippen molar-refractivity contribution in [2.24, 2.45) is 5.73 Å². The van der Waals surface area contributed by atoms with E-state index in [2.05, 4.69) is 4.98 Å². The third kappa shape index (κ3) is 2.63. The summed E-state index contributed by atoms with van der Waals surface area (Å²) in [6, 6.07) is 14.5. The monoisotopic (exact) mass is 256 g/mol. The summed E-state index contributed by atoms with van der Waals surface area (Å²) in [5, 5.41) is 9.63. The summed E-state index contributed by atoms with van der Waals surface area (Å²) in [5.41, 5.74) is 6.08. The van der Waals surface area contributed by atoms with Crippen molar-refractivity contribution in [3.8, 4) is 0 Å². The lowest BCUT2D eigenvalue weighted by Crippen LogP contribution is -2.45. The van der Waals surface area contributed by atoms with Crippen molar-refractivity contribution in [1.29, 1.82) is 0 Å². The molecule has 0 radical (unpaired) electrons.